The van der Waals surface area contributed by atoms with Gasteiger partial charge in [-0.25, -0.2) is 0 Å². The fourth-order valence-corrected chi connectivity index (χ4v) is 2.92. The molecular formula is C14H17BrN2O2. The Hall–Kier alpha value is -1.36. The molecule has 1 aliphatic heterocycles. The van der Waals surface area contributed by atoms with E-state index in [1.807, 2.05) is 26.0 Å². The molecule has 0 radical (unpaired) electrons. The van der Waals surface area contributed by atoms with Gasteiger partial charge in [0.15, 0.2) is 0 Å². The zero-order valence-electron chi connectivity index (χ0n) is 11.0. The predicted octanol–water partition coefficient (Wildman–Crippen LogP) is 1.95. The SMILES string of the molecule is Cc1cccc(C(=O)N2C[C@@H](C)[C@H](C(N)=O)C2)c1Br. The van der Waals surface area contributed by atoms with Gasteiger partial charge in [-0.3, -0.25) is 9.59 Å². The van der Waals surface area contributed by atoms with Crippen LogP contribution in [0, 0.1) is 18.8 Å². The van der Waals surface area contributed by atoms with Crippen molar-refractivity contribution in [2.45, 2.75) is 13.8 Å². The molecule has 19 heavy (non-hydrogen) atoms. The summed E-state index contributed by atoms with van der Waals surface area (Å²) in [6.07, 6.45) is 0. The van der Waals surface area contributed by atoms with Crippen LogP contribution in [-0.4, -0.2) is 29.8 Å². The van der Waals surface area contributed by atoms with E-state index in [1.54, 1.807) is 11.0 Å². The van der Waals surface area contributed by atoms with Crippen LogP contribution in [0.2, 0.25) is 0 Å². The molecule has 0 saturated carbocycles. The van der Waals surface area contributed by atoms with E-state index in [0.717, 1.165) is 10.0 Å². The van der Waals surface area contributed by atoms with Gasteiger partial charge < -0.3 is 10.6 Å². The maximum atomic E-state index is 12.5. The molecule has 5 heteroatoms. The molecule has 0 unspecified atom stereocenters. The molecular weight excluding hydrogens is 308 g/mol. The van der Waals surface area contributed by atoms with Crippen LogP contribution >= 0.6 is 15.9 Å². The van der Waals surface area contributed by atoms with Crippen molar-refractivity contribution in [3.63, 3.8) is 0 Å². The molecule has 1 aliphatic rings. The van der Waals surface area contributed by atoms with E-state index < -0.39 is 0 Å². The number of rotatable bonds is 2. The lowest BCUT2D eigenvalue weighted by molar-refractivity contribution is -0.122. The van der Waals surface area contributed by atoms with Crippen LogP contribution < -0.4 is 5.73 Å². The molecule has 102 valence electrons. The van der Waals surface area contributed by atoms with Crippen LogP contribution in [0.3, 0.4) is 0 Å². The van der Waals surface area contributed by atoms with Gasteiger partial charge in [0, 0.05) is 17.6 Å². The molecule has 0 bridgehead atoms. The summed E-state index contributed by atoms with van der Waals surface area (Å²) in [6, 6.07) is 5.60. The molecule has 2 N–H and O–H groups in total. The van der Waals surface area contributed by atoms with Gasteiger partial charge in [0.25, 0.3) is 5.91 Å². The number of nitrogens with zero attached hydrogens (tertiary/aromatic N) is 1. The fraction of sp³-hybridized carbons (Fsp3) is 0.429. The highest BCUT2D eigenvalue weighted by molar-refractivity contribution is 9.10. The van der Waals surface area contributed by atoms with Gasteiger partial charge in [0.05, 0.1) is 11.5 Å². The Bertz CT molecular complexity index is 530. The number of halogens is 1. The van der Waals surface area contributed by atoms with Gasteiger partial charge >= 0.3 is 0 Å². The third kappa shape index (κ3) is 2.66. The number of benzene rings is 1. The van der Waals surface area contributed by atoms with E-state index in [1.165, 1.54) is 0 Å². The Kier molecular flexibility index (Phi) is 3.94. The Labute approximate surface area is 121 Å². The second-order valence-electron chi connectivity index (χ2n) is 5.13. The molecule has 2 atom stereocenters. The highest BCUT2D eigenvalue weighted by Gasteiger charge is 2.36. The molecule has 1 saturated heterocycles. The third-order valence-electron chi connectivity index (χ3n) is 3.69. The van der Waals surface area contributed by atoms with Crippen molar-refractivity contribution in [2.24, 2.45) is 17.6 Å². The monoisotopic (exact) mass is 324 g/mol. The normalized spacial score (nSPS) is 22.6. The van der Waals surface area contributed by atoms with E-state index >= 15 is 0 Å². The Balaban J connectivity index is 2.22. The highest BCUT2D eigenvalue weighted by atomic mass is 79.9. The van der Waals surface area contributed by atoms with Crippen LogP contribution in [0.1, 0.15) is 22.8 Å². The van der Waals surface area contributed by atoms with Gasteiger partial charge in [-0.05, 0) is 40.4 Å². The minimum atomic E-state index is -0.328. The minimum absolute atomic E-state index is 0.0498. The zero-order valence-corrected chi connectivity index (χ0v) is 12.6. The van der Waals surface area contributed by atoms with Gasteiger partial charge in [-0.2, -0.15) is 0 Å². The van der Waals surface area contributed by atoms with E-state index in [0.29, 0.717) is 18.7 Å². The van der Waals surface area contributed by atoms with Crippen molar-refractivity contribution < 1.29 is 9.59 Å². The first-order valence-electron chi connectivity index (χ1n) is 6.25. The van der Waals surface area contributed by atoms with E-state index in [-0.39, 0.29) is 23.7 Å². The average molecular weight is 325 g/mol. The molecule has 4 nitrogen and oxygen atoms in total. The van der Waals surface area contributed by atoms with Crippen molar-refractivity contribution in [3.8, 4) is 0 Å². The van der Waals surface area contributed by atoms with E-state index in [2.05, 4.69) is 15.9 Å². The van der Waals surface area contributed by atoms with Gasteiger partial charge in [0.2, 0.25) is 5.91 Å². The summed E-state index contributed by atoms with van der Waals surface area (Å²) in [6.45, 7) is 4.89. The molecule has 2 rings (SSSR count). The molecule has 1 aromatic rings. The Morgan fingerprint density at radius 2 is 2.05 bits per heavy atom. The fourth-order valence-electron chi connectivity index (χ4n) is 2.49. The molecule has 0 spiro atoms. The molecule has 1 fully saturated rings. The predicted molar refractivity (Wildman–Crippen MR) is 76.6 cm³/mol. The van der Waals surface area contributed by atoms with Gasteiger partial charge in [-0.15, -0.1) is 0 Å². The topological polar surface area (TPSA) is 63.4 Å². The summed E-state index contributed by atoms with van der Waals surface area (Å²) in [5, 5.41) is 0. The number of hydrogen-bond donors (Lipinski definition) is 1. The van der Waals surface area contributed by atoms with Crippen LogP contribution in [0.5, 0.6) is 0 Å². The average Bonchev–Trinajstić information content (AvgIpc) is 2.74. The largest absolute Gasteiger partial charge is 0.369 e. The maximum Gasteiger partial charge on any atom is 0.255 e. The molecule has 0 aromatic heterocycles. The molecule has 2 amide bonds. The lowest BCUT2D eigenvalue weighted by atomic mass is 9.98. The Morgan fingerprint density at radius 3 is 2.63 bits per heavy atom. The molecule has 0 aliphatic carbocycles. The smallest absolute Gasteiger partial charge is 0.255 e. The second-order valence-corrected chi connectivity index (χ2v) is 5.93. The third-order valence-corrected chi connectivity index (χ3v) is 4.74. The number of carbonyl (C=O) groups is 2. The standard InChI is InChI=1S/C14H17BrN2O2/c1-8-4-3-5-10(12(8)15)14(19)17-6-9(2)11(7-17)13(16)18/h3-5,9,11H,6-7H2,1-2H3,(H2,16,18)/t9-,11-/m1/s1. The number of hydrogen-bond acceptors (Lipinski definition) is 2. The molecule has 1 aromatic carbocycles. The van der Waals surface area contributed by atoms with Gasteiger partial charge in [0.1, 0.15) is 0 Å². The summed E-state index contributed by atoms with van der Waals surface area (Å²) in [4.78, 5) is 25.5. The first-order valence-corrected chi connectivity index (χ1v) is 7.04. The van der Waals surface area contributed by atoms with Crippen molar-refractivity contribution >= 4 is 27.7 Å². The van der Waals surface area contributed by atoms with Crippen molar-refractivity contribution in [1.29, 1.82) is 0 Å². The number of nitrogens with two attached hydrogens (primary N) is 1. The summed E-state index contributed by atoms with van der Waals surface area (Å²) >= 11 is 3.45. The number of amides is 2. The lowest BCUT2D eigenvalue weighted by Crippen LogP contribution is -2.32. The highest BCUT2D eigenvalue weighted by Crippen LogP contribution is 2.27. The number of aryl methyl sites for hydroxylation is 1. The summed E-state index contributed by atoms with van der Waals surface area (Å²) in [5.41, 5.74) is 7.01. The van der Waals surface area contributed by atoms with E-state index in [9.17, 15) is 9.59 Å². The second kappa shape index (κ2) is 5.33. The quantitative estimate of drug-likeness (QED) is 0.903. The molecule has 1 heterocycles. The van der Waals surface area contributed by atoms with Crippen LogP contribution in [-0.2, 0) is 4.79 Å². The minimum Gasteiger partial charge on any atom is -0.369 e. The number of primary amides is 1. The first kappa shape index (κ1) is 14.1. The number of carbonyl (C=O) groups excluding carboxylic acids is 2. The number of likely N-dealkylation sites (tertiary alicyclic amines) is 1. The van der Waals surface area contributed by atoms with Crippen LogP contribution in [0.15, 0.2) is 22.7 Å². The summed E-state index contributed by atoms with van der Waals surface area (Å²) in [7, 11) is 0. The van der Waals surface area contributed by atoms with Gasteiger partial charge in [-0.1, -0.05) is 19.1 Å². The summed E-state index contributed by atoms with van der Waals surface area (Å²) < 4.78 is 0.815. The lowest BCUT2D eigenvalue weighted by Gasteiger charge is -2.17. The van der Waals surface area contributed by atoms with Crippen molar-refractivity contribution in [2.75, 3.05) is 13.1 Å². The van der Waals surface area contributed by atoms with Crippen molar-refractivity contribution in [3.05, 3.63) is 33.8 Å². The maximum absolute atomic E-state index is 12.5. The van der Waals surface area contributed by atoms with Crippen LogP contribution in [0.25, 0.3) is 0 Å². The summed E-state index contributed by atoms with van der Waals surface area (Å²) in [5.74, 6) is -0.505. The van der Waals surface area contributed by atoms with Crippen molar-refractivity contribution in [1.82, 2.24) is 4.90 Å². The van der Waals surface area contributed by atoms with E-state index in [4.69, 9.17) is 5.73 Å². The Morgan fingerprint density at radius 1 is 1.37 bits per heavy atom. The zero-order chi connectivity index (χ0) is 14.2. The van der Waals surface area contributed by atoms with Crippen LogP contribution in [0.4, 0.5) is 0 Å². The first-order chi connectivity index (χ1) is 8.91.